The minimum absolute atomic E-state index is 0.299. The van der Waals surface area contributed by atoms with Crippen LogP contribution in [0.4, 0.5) is 5.82 Å². The fourth-order valence-electron chi connectivity index (χ4n) is 2.60. The van der Waals surface area contributed by atoms with Crippen molar-refractivity contribution >= 4 is 16.9 Å². The maximum atomic E-state index is 9.45. The number of anilines is 1. The normalized spacial score (nSPS) is 13.9. The molecule has 0 aromatic carbocycles. The molecule has 7 heteroatoms. The Labute approximate surface area is 134 Å². The molecule has 3 aromatic heterocycles. The Morgan fingerprint density at radius 2 is 2.00 bits per heavy atom. The van der Waals surface area contributed by atoms with Crippen molar-refractivity contribution in [1.82, 2.24) is 24.7 Å². The second-order valence-electron chi connectivity index (χ2n) is 5.79. The predicted octanol–water partition coefficient (Wildman–Crippen LogP) is 2.03. The molecule has 0 bridgehead atoms. The summed E-state index contributed by atoms with van der Waals surface area (Å²) in [6, 6.07) is 3.76. The van der Waals surface area contributed by atoms with Gasteiger partial charge in [-0.3, -0.25) is 4.98 Å². The van der Waals surface area contributed by atoms with Crippen LogP contribution >= 0.6 is 0 Å². The zero-order valence-electron chi connectivity index (χ0n) is 13.2. The van der Waals surface area contributed by atoms with Gasteiger partial charge in [-0.1, -0.05) is 6.92 Å². The molecular formula is C16H20N6O. The van der Waals surface area contributed by atoms with E-state index in [1.165, 1.54) is 6.33 Å². The van der Waals surface area contributed by atoms with Crippen LogP contribution in [0.5, 0.6) is 0 Å². The Hall–Kier alpha value is -2.54. The molecule has 0 aliphatic carbocycles. The van der Waals surface area contributed by atoms with E-state index in [-0.39, 0.29) is 6.10 Å². The molecule has 0 amide bonds. The first kappa shape index (κ1) is 15.4. The third kappa shape index (κ3) is 3.45. The highest BCUT2D eigenvalue weighted by Crippen LogP contribution is 2.21. The smallest absolute Gasteiger partial charge is 0.168 e. The molecule has 2 atom stereocenters. The standard InChI is InChI=1S/C16H20N6O/c1-11(7-12(2)23)8-18-15-14-9-21-22(16(14)20-10-19-15)13-3-5-17-6-4-13/h3-6,9-12,23H,7-8H2,1-2H3,(H,18,19,20). The molecule has 0 spiro atoms. The Kier molecular flexibility index (Phi) is 4.47. The van der Waals surface area contributed by atoms with Gasteiger partial charge in [-0.2, -0.15) is 5.10 Å². The van der Waals surface area contributed by atoms with Crippen molar-refractivity contribution in [3.8, 4) is 5.69 Å². The number of nitrogens with zero attached hydrogens (tertiary/aromatic N) is 5. The number of pyridine rings is 1. The summed E-state index contributed by atoms with van der Waals surface area (Å²) in [7, 11) is 0. The van der Waals surface area contributed by atoms with E-state index >= 15 is 0 Å². The second-order valence-corrected chi connectivity index (χ2v) is 5.79. The highest BCUT2D eigenvalue weighted by atomic mass is 16.3. The lowest BCUT2D eigenvalue weighted by Gasteiger charge is -2.14. The van der Waals surface area contributed by atoms with Crippen molar-refractivity contribution in [2.24, 2.45) is 5.92 Å². The molecule has 2 unspecified atom stereocenters. The van der Waals surface area contributed by atoms with Crippen molar-refractivity contribution < 1.29 is 5.11 Å². The summed E-state index contributed by atoms with van der Waals surface area (Å²) in [4.78, 5) is 12.7. The number of hydrogen-bond acceptors (Lipinski definition) is 6. The molecule has 0 saturated heterocycles. The second kappa shape index (κ2) is 6.70. The first-order valence-electron chi connectivity index (χ1n) is 7.66. The average Bonchev–Trinajstić information content (AvgIpc) is 2.97. The van der Waals surface area contributed by atoms with Crippen LogP contribution in [0, 0.1) is 5.92 Å². The van der Waals surface area contributed by atoms with Gasteiger partial charge in [-0.05, 0) is 31.4 Å². The van der Waals surface area contributed by atoms with Gasteiger partial charge in [0.15, 0.2) is 5.65 Å². The zero-order valence-corrected chi connectivity index (χ0v) is 13.2. The van der Waals surface area contributed by atoms with Crippen LogP contribution in [0.15, 0.2) is 37.1 Å². The highest BCUT2D eigenvalue weighted by Gasteiger charge is 2.12. The van der Waals surface area contributed by atoms with E-state index in [0.717, 1.165) is 35.5 Å². The van der Waals surface area contributed by atoms with Crippen molar-refractivity contribution in [3.05, 3.63) is 37.1 Å². The lowest BCUT2D eigenvalue weighted by Crippen LogP contribution is -2.17. The van der Waals surface area contributed by atoms with Crippen LogP contribution in [-0.2, 0) is 0 Å². The Bertz CT molecular complexity index is 771. The van der Waals surface area contributed by atoms with E-state index in [4.69, 9.17) is 0 Å². The molecule has 120 valence electrons. The Balaban J connectivity index is 1.84. The SMILES string of the molecule is CC(O)CC(C)CNc1ncnc2c1cnn2-c1ccncc1. The molecule has 0 aliphatic heterocycles. The van der Waals surface area contributed by atoms with Crippen LogP contribution in [0.1, 0.15) is 20.3 Å². The van der Waals surface area contributed by atoms with Crippen LogP contribution < -0.4 is 5.32 Å². The summed E-state index contributed by atoms with van der Waals surface area (Å²) < 4.78 is 1.77. The molecule has 23 heavy (non-hydrogen) atoms. The minimum atomic E-state index is -0.299. The van der Waals surface area contributed by atoms with E-state index in [1.807, 2.05) is 12.1 Å². The van der Waals surface area contributed by atoms with Gasteiger partial charge >= 0.3 is 0 Å². The molecule has 0 saturated carbocycles. The monoisotopic (exact) mass is 312 g/mol. The van der Waals surface area contributed by atoms with Gasteiger partial charge < -0.3 is 10.4 Å². The quantitative estimate of drug-likeness (QED) is 0.724. The minimum Gasteiger partial charge on any atom is -0.393 e. The molecule has 7 nitrogen and oxygen atoms in total. The number of aliphatic hydroxyl groups excluding tert-OH is 1. The van der Waals surface area contributed by atoms with E-state index in [1.54, 1.807) is 30.2 Å². The maximum absolute atomic E-state index is 9.45. The van der Waals surface area contributed by atoms with Gasteiger partial charge in [0.25, 0.3) is 0 Å². The molecule has 0 radical (unpaired) electrons. The third-order valence-corrected chi connectivity index (χ3v) is 3.63. The lowest BCUT2D eigenvalue weighted by molar-refractivity contribution is 0.166. The van der Waals surface area contributed by atoms with Crippen molar-refractivity contribution in [2.45, 2.75) is 26.4 Å². The number of aliphatic hydroxyl groups is 1. The predicted molar refractivity (Wildman–Crippen MR) is 88.4 cm³/mol. The van der Waals surface area contributed by atoms with Crippen LogP contribution in [0.3, 0.4) is 0 Å². The summed E-state index contributed by atoms with van der Waals surface area (Å²) in [6.45, 7) is 4.63. The van der Waals surface area contributed by atoms with E-state index in [9.17, 15) is 5.11 Å². The number of rotatable bonds is 6. The first-order valence-corrected chi connectivity index (χ1v) is 7.66. The number of aromatic nitrogens is 5. The van der Waals surface area contributed by atoms with Crippen molar-refractivity contribution in [3.63, 3.8) is 0 Å². The van der Waals surface area contributed by atoms with Gasteiger partial charge in [0.05, 0.1) is 23.4 Å². The van der Waals surface area contributed by atoms with Crippen LogP contribution in [-0.4, -0.2) is 42.5 Å². The van der Waals surface area contributed by atoms with Crippen LogP contribution in [0.25, 0.3) is 16.7 Å². The molecule has 3 aromatic rings. The van der Waals surface area contributed by atoms with Gasteiger partial charge in [0, 0.05) is 18.9 Å². The summed E-state index contributed by atoms with van der Waals surface area (Å²) in [6.07, 6.45) is 7.19. The van der Waals surface area contributed by atoms with E-state index in [0.29, 0.717) is 5.92 Å². The molecule has 2 N–H and O–H groups in total. The van der Waals surface area contributed by atoms with Crippen molar-refractivity contribution in [2.75, 3.05) is 11.9 Å². The fourth-order valence-corrected chi connectivity index (χ4v) is 2.60. The molecule has 3 heterocycles. The number of nitrogens with one attached hydrogen (secondary N) is 1. The van der Waals surface area contributed by atoms with E-state index < -0.39 is 0 Å². The molecule has 3 rings (SSSR count). The first-order chi connectivity index (χ1) is 11.1. The number of hydrogen-bond donors (Lipinski definition) is 2. The topological polar surface area (TPSA) is 88.8 Å². The molecular weight excluding hydrogens is 292 g/mol. The van der Waals surface area contributed by atoms with Crippen LogP contribution in [0.2, 0.25) is 0 Å². The van der Waals surface area contributed by atoms with Gasteiger partial charge in [-0.25, -0.2) is 14.6 Å². The molecule has 0 aliphatic rings. The van der Waals surface area contributed by atoms with Crippen molar-refractivity contribution in [1.29, 1.82) is 0 Å². The van der Waals surface area contributed by atoms with Gasteiger partial charge in [0.1, 0.15) is 12.1 Å². The summed E-state index contributed by atoms with van der Waals surface area (Å²) in [5.41, 5.74) is 1.65. The Morgan fingerprint density at radius 3 is 2.74 bits per heavy atom. The summed E-state index contributed by atoms with van der Waals surface area (Å²) in [5.74, 6) is 1.10. The average molecular weight is 312 g/mol. The third-order valence-electron chi connectivity index (χ3n) is 3.63. The summed E-state index contributed by atoms with van der Waals surface area (Å²) in [5, 5.41) is 18.1. The van der Waals surface area contributed by atoms with Gasteiger partial charge in [0.2, 0.25) is 0 Å². The fraction of sp³-hybridized carbons (Fsp3) is 0.375. The number of fused-ring (bicyclic) bond motifs is 1. The largest absolute Gasteiger partial charge is 0.393 e. The lowest BCUT2D eigenvalue weighted by atomic mass is 10.0. The highest BCUT2D eigenvalue weighted by molar-refractivity contribution is 5.87. The van der Waals surface area contributed by atoms with Gasteiger partial charge in [-0.15, -0.1) is 0 Å². The zero-order chi connectivity index (χ0) is 16.2. The van der Waals surface area contributed by atoms with E-state index in [2.05, 4.69) is 32.3 Å². The summed E-state index contributed by atoms with van der Waals surface area (Å²) >= 11 is 0. The molecule has 0 fully saturated rings. The maximum Gasteiger partial charge on any atom is 0.168 e. The Morgan fingerprint density at radius 1 is 1.22 bits per heavy atom.